The van der Waals surface area contributed by atoms with E-state index < -0.39 is 17.3 Å². The zero-order chi connectivity index (χ0) is 13.6. The molecule has 0 spiro atoms. The Morgan fingerprint density at radius 1 is 0.895 bits per heavy atom. The van der Waals surface area contributed by atoms with Gasteiger partial charge in [-0.25, -0.2) is 0 Å². The van der Waals surface area contributed by atoms with E-state index >= 15 is 0 Å². The number of aryl methyl sites for hydroxylation is 1. The van der Waals surface area contributed by atoms with Crippen molar-refractivity contribution in [3.05, 3.63) is 35.4 Å². The molecule has 0 aliphatic heterocycles. The number of benzene rings is 1. The SMILES string of the molecule is Cc1ccc(C2CCC3C(=O)C(=O)C(=O)C3C2)cc1. The highest BCUT2D eigenvalue weighted by molar-refractivity contribution is 6.68. The van der Waals surface area contributed by atoms with E-state index in [2.05, 4.69) is 24.3 Å². The first-order valence-corrected chi connectivity index (χ1v) is 6.77. The molecule has 0 radical (unpaired) electrons. The Labute approximate surface area is 112 Å². The van der Waals surface area contributed by atoms with Crippen LogP contribution in [0.25, 0.3) is 0 Å². The van der Waals surface area contributed by atoms with Gasteiger partial charge in [0, 0.05) is 11.8 Å². The second-order valence-corrected chi connectivity index (χ2v) is 5.69. The lowest BCUT2D eigenvalue weighted by molar-refractivity contribution is -0.141. The van der Waals surface area contributed by atoms with E-state index in [9.17, 15) is 14.4 Å². The molecule has 0 amide bonds. The number of rotatable bonds is 1. The average Bonchev–Trinajstić information content (AvgIpc) is 2.64. The first-order chi connectivity index (χ1) is 9.08. The van der Waals surface area contributed by atoms with Crippen molar-refractivity contribution in [1.82, 2.24) is 0 Å². The minimum Gasteiger partial charge on any atom is -0.290 e. The van der Waals surface area contributed by atoms with Crippen molar-refractivity contribution < 1.29 is 14.4 Å². The quantitative estimate of drug-likeness (QED) is 0.724. The number of hydrogen-bond acceptors (Lipinski definition) is 3. The van der Waals surface area contributed by atoms with E-state index in [4.69, 9.17) is 0 Å². The molecule has 0 N–H and O–H groups in total. The van der Waals surface area contributed by atoms with Crippen LogP contribution in [0.5, 0.6) is 0 Å². The van der Waals surface area contributed by atoms with Gasteiger partial charge in [-0.2, -0.15) is 0 Å². The van der Waals surface area contributed by atoms with Gasteiger partial charge in [-0.3, -0.25) is 14.4 Å². The van der Waals surface area contributed by atoms with Crippen LogP contribution in [0.4, 0.5) is 0 Å². The molecule has 3 unspecified atom stereocenters. The van der Waals surface area contributed by atoms with Crippen molar-refractivity contribution in [2.45, 2.75) is 32.1 Å². The van der Waals surface area contributed by atoms with Crippen LogP contribution in [0.3, 0.4) is 0 Å². The molecule has 0 saturated heterocycles. The van der Waals surface area contributed by atoms with Gasteiger partial charge >= 0.3 is 0 Å². The number of ketones is 3. The predicted molar refractivity (Wildman–Crippen MR) is 69.8 cm³/mol. The van der Waals surface area contributed by atoms with E-state index in [0.29, 0.717) is 18.8 Å². The number of Topliss-reactive ketones (excluding diaryl/α,β-unsaturated/α-hetero) is 3. The van der Waals surface area contributed by atoms with E-state index in [1.165, 1.54) is 11.1 Å². The molecule has 2 fully saturated rings. The van der Waals surface area contributed by atoms with Gasteiger partial charge in [-0.15, -0.1) is 0 Å². The largest absolute Gasteiger partial charge is 0.290 e. The number of carbonyl (C=O) groups excluding carboxylic acids is 3. The molecule has 0 aromatic heterocycles. The summed E-state index contributed by atoms with van der Waals surface area (Å²) in [6.07, 6.45) is 2.19. The van der Waals surface area contributed by atoms with Crippen LogP contribution in [0.1, 0.15) is 36.3 Å². The van der Waals surface area contributed by atoms with Gasteiger partial charge in [0.15, 0.2) is 0 Å². The molecular formula is C16H16O3. The fourth-order valence-corrected chi connectivity index (χ4v) is 3.37. The Kier molecular flexibility index (Phi) is 2.85. The molecule has 2 aliphatic rings. The lowest BCUT2D eigenvalue weighted by Crippen LogP contribution is -2.26. The average molecular weight is 256 g/mol. The molecule has 0 bridgehead atoms. The van der Waals surface area contributed by atoms with Gasteiger partial charge in [0.05, 0.1) is 0 Å². The Bertz CT molecular complexity index is 556. The summed E-state index contributed by atoms with van der Waals surface area (Å²) in [5, 5.41) is 0. The van der Waals surface area contributed by atoms with Gasteiger partial charge in [0.2, 0.25) is 11.6 Å². The summed E-state index contributed by atoms with van der Waals surface area (Å²) in [5.41, 5.74) is 2.42. The summed E-state index contributed by atoms with van der Waals surface area (Å²) in [7, 11) is 0. The minimum atomic E-state index is -0.764. The normalized spacial score (nSPS) is 30.6. The zero-order valence-corrected chi connectivity index (χ0v) is 10.9. The van der Waals surface area contributed by atoms with E-state index in [0.717, 1.165) is 6.42 Å². The van der Waals surface area contributed by atoms with Crippen molar-refractivity contribution in [3.63, 3.8) is 0 Å². The summed E-state index contributed by atoms with van der Waals surface area (Å²) in [4.78, 5) is 34.9. The fourth-order valence-electron chi connectivity index (χ4n) is 3.37. The highest BCUT2D eigenvalue weighted by Crippen LogP contribution is 2.43. The van der Waals surface area contributed by atoms with Crippen LogP contribution in [-0.2, 0) is 14.4 Å². The molecule has 3 heteroatoms. The molecule has 2 saturated carbocycles. The maximum Gasteiger partial charge on any atom is 0.264 e. The molecule has 3 nitrogen and oxygen atoms in total. The summed E-state index contributed by atoms with van der Waals surface area (Å²) in [5.74, 6) is -2.06. The second kappa shape index (κ2) is 4.41. The Morgan fingerprint density at radius 3 is 2.21 bits per heavy atom. The minimum absolute atomic E-state index is 0.296. The van der Waals surface area contributed by atoms with Gasteiger partial charge in [-0.05, 0) is 37.7 Å². The number of carbonyl (C=O) groups is 3. The third kappa shape index (κ3) is 1.93. The van der Waals surface area contributed by atoms with Crippen molar-refractivity contribution in [2.75, 3.05) is 0 Å². The third-order valence-electron chi connectivity index (χ3n) is 4.52. The maximum absolute atomic E-state index is 11.8. The smallest absolute Gasteiger partial charge is 0.264 e. The van der Waals surface area contributed by atoms with Crippen molar-refractivity contribution >= 4 is 17.3 Å². The van der Waals surface area contributed by atoms with Gasteiger partial charge in [0.25, 0.3) is 5.78 Å². The van der Waals surface area contributed by atoms with Crippen LogP contribution in [0.2, 0.25) is 0 Å². The second-order valence-electron chi connectivity index (χ2n) is 5.69. The molecule has 0 heterocycles. The summed E-state index contributed by atoms with van der Waals surface area (Å²) in [6, 6.07) is 8.30. The van der Waals surface area contributed by atoms with Crippen LogP contribution in [0, 0.1) is 18.8 Å². The number of hydrogen-bond donors (Lipinski definition) is 0. The molecule has 1 aromatic rings. The van der Waals surface area contributed by atoms with E-state index in [1.807, 2.05) is 6.92 Å². The molecule has 1 aromatic carbocycles. The lowest BCUT2D eigenvalue weighted by atomic mass is 9.73. The molecule has 98 valence electrons. The maximum atomic E-state index is 11.8. The van der Waals surface area contributed by atoms with Crippen LogP contribution >= 0.6 is 0 Å². The Morgan fingerprint density at radius 2 is 1.53 bits per heavy atom. The highest BCUT2D eigenvalue weighted by atomic mass is 16.2. The molecule has 3 rings (SSSR count). The molecular weight excluding hydrogens is 240 g/mol. The van der Waals surface area contributed by atoms with Gasteiger partial charge in [0.1, 0.15) is 0 Å². The zero-order valence-electron chi connectivity index (χ0n) is 10.9. The summed E-state index contributed by atoms with van der Waals surface area (Å²) >= 11 is 0. The van der Waals surface area contributed by atoms with E-state index in [-0.39, 0.29) is 11.8 Å². The van der Waals surface area contributed by atoms with E-state index in [1.54, 1.807) is 0 Å². The number of fused-ring (bicyclic) bond motifs is 1. The van der Waals surface area contributed by atoms with Crippen molar-refractivity contribution in [1.29, 1.82) is 0 Å². The van der Waals surface area contributed by atoms with Crippen LogP contribution in [-0.4, -0.2) is 17.3 Å². The van der Waals surface area contributed by atoms with Crippen LogP contribution < -0.4 is 0 Å². The Balaban J connectivity index is 1.83. The van der Waals surface area contributed by atoms with Crippen molar-refractivity contribution in [2.24, 2.45) is 11.8 Å². The topological polar surface area (TPSA) is 51.2 Å². The predicted octanol–water partition coefficient (Wildman–Crippen LogP) is 2.22. The Hall–Kier alpha value is -1.77. The van der Waals surface area contributed by atoms with Crippen LogP contribution in [0.15, 0.2) is 24.3 Å². The lowest BCUT2D eigenvalue weighted by Gasteiger charge is -2.29. The summed E-state index contributed by atoms with van der Waals surface area (Å²) < 4.78 is 0. The fraction of sp³-hybridized carbons (Fsp3) is 0.438. The molecule has 2 aliphatic carbocycles. The molecule has 3 atom stereocenters. The highest BCUT2D eigenvalue weighted by Gasteiger charge is 2.50. The van der Waals surface area contributed by atoms with Gasteiger partial charge < -0.3 is 0 Å². The third-order valence-corrected chi connectivity index (χ3v) is 4.52. The first kappa shape index (κ1) is 12.3. The first-order valence-electron chi connectivity index (χ1n) is 6.77. The van der Waals surface area contributed by atoms with Gasteiger partial charge in [-0.1, -0.05) is 29.8 Å². The standard InChI is InChI=1S/C16H16O3/c1-9-2-4-10(5-3-9)11-6-7-12-13(8-11)15(18)16(19)14(12)17/h2-5,11-13H,6-8H2,1H3. The monoisotopic (exact) mass is 256 g/mol. The molecule has 19 heavy (non-hydrogen) atoms. The summed E-state index contributed by atoms with van der Waals surface area (Å²) in [6.45, 7) is 2.04. The van der Waals surface area contributed by atoms with Crippen molar-refractivity contribution in [3.8, 4) is 0 Å².